The van der Waals surface area contributed by atoms with Gasteiger partial charge in [0.2, 0.25) is 5.91 Å². The second-order valence-electron chi connectivity index (χ2n) is 8.13. The third-order valence-corrected chi connectivity index (χ3v) is 5.75. The predicted octanol–water partition coefficient (Wildman–Crippen LogP) is 4.87. The zero-order valence-electron chi connectivity index (χ0n) is 17.6. The highest BCUT2D eigenvalue weighted by atomic mass is 16.2. The number of Topliss-reactive ketones (excluding diaryl/α,β-unsaturated/α-hetero) is 1. The van der Waals surface area contributed by atoms with Crippen molar-refractivity contribution in [2.24, 2.45) is 11.8 Å². The summed E-state index contributed by atoms with van der Waals surface area (Å²) < 4.78 is 0. The van der Waals surface area contributed by atoms with E-state index in [0.29, 0.717) is 24.3 Å². The molecule has 1 saturated carbocycles. The van der Waals surface area contributed by atoms with E-state index in [1.54, 1.807) is 12.3 Å². The lowest BCUT2D eigenvalue weighted by Crippen LogP contribution is -2.15. The molecule has 0 bridgehead atoms. The Morgan fingerprint density at radius 1 is 1.26 bits per heavy atom. The number of aryl methyl sites for hydroxylation is 1. The highest BCUT2D eigenvalue weighted by Crippen LogP contribution is 2.38. The van der Waals surface area contributed by atoms with Gasteiger partial charge in [-0.3, -0.25) is 9.59 Å². The van der Waals surface area contributed by atoms with Crippen molar-refractivity contribution < 1.29 is 9.59 Å². The molecule has 1 aliphatic carbocycles. The highest BCUT2D eigenvalue weighted by molar-refractivity contribution is 6.01. The Kier molecular flexibility index (Phi) is 5.43. The van der Waals surface area contributed by atoms with Gasteiger partial charge < -0.3 is 11.1 Å². The van der Waals surface area contributed by atoms with Crippen molar-refractivity contribution in [3.63, 3.8) is 0 Å². The molecule has 0 radical (unpaired) electrons. The summed E-state index contributed by atoms with van der Waals surface area (Å²) in [4.78, 5) is 28.8. The van der Waals surface area contributed by atoms with E-state index in [1.165, 1.54) is 0 Å². The van der Waals surface area contributed by atoms with Gasteiger partial charge in [-0.25, -0.2) is 4.98 Å². The van der Waals surface area contributed by atoms with Crippen LogP contribution in [-0.4, -0.2) is 16.7 Å². The van der Waals surface area contributed by atoms with Crippen LogP contribution < -0.4 is 11.1 Å². The van der Waals surface area contributed by atoms with E-state index in [-0.39, 0.29) is 23.5 Å². The summed E-state index contributed by atoms with van der Waals surface area (Å²) in [5, 5.41) is 13.4. The molecule has 2 aromatic carbocycles. The van der Waals surface area contributed by atoms with Crippen LogP contribution in [-0.2, 0) is 4.79 Å². The number of nitrogen functional groups attached to an aromatic ring is 1. The average molecular weight is 412 g/mol. The fourth-order valence-corrected chi connectivity index (χ4v) is 3.89. The number of benzene rings is 2. The van der Waals surface area contributed by atoms with Crippen LogP contribution in [0.1, 0.15) is 42.1 Å². The fraction of sp³-hybridized carbons (Fsp3) is 0.280. The zero-order valence-corrected chi connectivity index (χ0v) is 17.6. The first-order valence-corrected chi connectivity index (χ1v) is 10.4. The minimum Gasteiger partial charge on any atom is -0.398 e. The van der Waals surface area contributed by atoms with Crippen molar-refractivity contribution in [1.82, 2.24) is 4.98 Å². The van der Waals surface area contributed by atoms with E-state index in [0.717, 1.165) is 39.4 Å². The normalized spacial score (nSPS) is 17.2. The molecular formula is C25H24N4O2. The molecule has 31 heavy (non-hydrogen) atoms. The standard InChI is InChI=1S/C25H24N4O2/c1-3-4-23(30)15-5-6-19(14(2)7-15)16-8-17-11-24(28-13-21(17)22(27)10-16)29-25(31)20-9-18(20)12-26/h5-8,10-11,13,18,20H,3-4,9,27H2,1-2H3,(H,28,29,31)/t18-,20+/m1/s1. The molecular weight excluding hydrogens is 388 g/mol. The first-order valence-electron chi connectivity index (χ1n) is 10.4. The smallest absolute Gasteiger partial charge is 0.230 e. The number of carbonyl (C=O) groups excluding carboxylic acids is 2. The number of nitriles is 1. The number of ketones is 1. The number of amides is 1. The minimum absolute atomic E-state index is 0.149. The van der Waals surface area contributed by atoms with Crippen LogP contribution in [0.15, 0.2) is 42.6 Å². The third kappa shape index (κ3) is 4.13. The molecule has 1 heterocycles. The minimum atomic E-state index is -0.254. The van der Waals surface area contributed by atoms with E-state index in [9.17, 15) is 9.59 Å². The Hall–Kier alpha value is -3.72. The Labute approximate surface area is 181 Å². The molecule has 3 N–H and O–H groups in total. The van der Waals surface area contributed by atoms with Gasteiger partial charge in [-0.05, 0) is 66.1 Å². The van der Waals surface area contributed by atoms with Gasteiger partial charge in [-0.15, -0.1) is 0 Å². The highest BCUT2D eigenvalue weighted by Gasteiger charge is 2.43. The maximum atomic E-state index is 12.3. The van der Waals surface area contributed by atoms with E-state index in [4.69, 9.17) is 11.0 Å². The van der Waals surface area contributed by atoms with Crippen molar-refractivity contribution in [3.05, 3.63) is 53.7 Å². The second kappa shape index (κ2) is 8.19. The Morgan fingerprint density at radius 3 is 2.74 bits per heavy atom. The second-order valence-corrected chi connectivity index (χ2v) is 8.13. The van der Waals surface area contributed by atoms with Crippen LogP contribution >= 0.6 is 0 Å². The number of carbonyl (C=O) groups is 2. The van der Waals surface area contributed by atoms with Gasteiger partial charge in [0, 0.05) is 29.3 Å². The monoisotopic (exact) mass is 412 g/mol. The lowest BCUT2D eigenvalue weighted by molar-refractivity contribution is -0.117. The lowest BCUT2D eigenvalue weighted by Gasteiger charge is -2.12. The van der Waals surface area contributed by atoms with Crippen LogP contribution in [0.4, 0.5) is 11.5 Å². The van der Waals surface area contributed by atoms with Gasteiger partial charge in [0.15, 0.2) is 5.78 Å². The third-order valence-electron chi connectivity index (χ3n) is 5.75. The molecule has 1 aromatic heterocycles. The van der Waals surface area contributed by atoms with Crippen LogP contribution in [0.25, 0.3) is 21.9 Å². The largest absolute Gasteiger partial charge is 0.398 e. The number of nitrogens with two attached hydrogens (primary N) is 1. The summed E-state index contributed by atoms with van der Waals surface area (Å²) in [6.07, 6.45) is 3.62. The maximum absolute atomic E-state index is 12.3. The summed E-state index contributed by atoms with van der Waals surface area (Å²) in [6, 6.07) is 13.6. The molecule has 0 spiro atoms. The molecule has 6 heteroatoms. The molecule has 3 aromatic rings. The topological polar surface area (TPSA) is 109 Å². The molecule has 0 unspecified atom stereocenters. The summed E-state index contributed by atoms with van der Waals surface area (Å²) in [6.45, 7) is 3.98. The Morgan fingerprint density at radius 2 is 2.06 bits per heavy atom. The summed E-state index contributed by atoms with van der Waals surface area (Å²) in [5.74, 6) is -0.0372. The van der Waals surface area contributed by atoms with Gasteiger partial charge in [-0.1, -0.05) is 19.1 Å². The van der Waals surface area contributed by atoms with E-state index in [2.05, 4.69) is 16.4 Å². The number of nitrogens with one attached hydrogen (secondary N) is 1. The number of fused-ring (bicyclic) bond motifs is 1. The number of rotatable bonds is 6. The molecule has 2 atom stereocenters. The zero-order chi connectivity index (χ0) is 22.1. The number of hydrogen-bond acceptors (Lipinski definition) is 5. The van der Waals surface area contributed by atoms with Gasteiger partial charge >= 0.3 is 0 Å². The Balaban J connectivity index is 1.65. The first kappa shape index (κ1) is 20.5. The van der Waals surface area contributed by atoms with Crippen molar-refractivity contribution in [2.75, 3.05) is 11.1 Å². The Bertz CT molecular complexity index is 1240. The van der Waals surface area contributed by atoms with Crippen molar-refractivity contribution in [2.45, 2.75) is 33.1 Å². The number of hydrogen-bond donors (Lipinski definition) is 2. The van der Waals surface area contributed by atoms with E-state index in [1.807, 2.05) is 44.2 Å². The SMILES string of the molecule is CCCC(=O)c1ccc(-c2cc(N)c3cnc(NC(=O)[C@H]4C[C@@H]4C#N)cc3c2)c(C)c1. The van der Waals surface area contributed by atoms with Crippen molar-refractivity contribution in [1.29, 1.82) is 5.26 Å². The van der Waals surface area contributed by atoms with Gasteiger partial charge in [-0.2, -0.15) is 5.26 Å². The molecule has 6 nitrogen and oxygen atoms in total. The van der Waals surface area contributed by atoms with Crippen molar-refractivity contribution >= 4 is 34.0 Å². The first-order chi connectivity index (χ1) is 14.9. The molecule has 0 saturated heterocycles. The molecule has 156 valence electrons. The number of anilines is 2. The molecule has 1 amide bonds. The van der Waals surface area contributed by atoms with Crippen LogP contribution in [0, 0.1) is 30.1 Å². The lowest BCUT2D eigenvalue weighted by atomic mass is 9.94. The number of pyridine rings is 1. The summed E-state index contributed by atoms with van der Waals surface area (Å²) in [5.41, 5.74) is 10.5. The maximum Gasteiger partial charge on any atom is 0.230 e. The summed E-state index contributed by atoms with van der Waals surface area (Å²) in [7, 11) is 0. The quantitative estimate of drug-likeness (QED) is 0.443. The molecule has 0 aliphatic heterocycles. The van der Waals surface area contributed by atoms with E-state index < -0.39 is 0 Å². The van der Waals surface area contributed by atoms with E-state index >= 15 is 0 Å². The molecule has 1 fully saturated rings. The summed E-state index contributed by atoms with van der Waals surface area (Å²) >= 11 is 0. The van der Waals surface area contributed by atoms with Gasteiger partial charge in [0.05, 0.1) is 17.9 Å². The van der Waals surface area contributed by atoms with Gasteiger partial charge in [0.25, 0.3) is 0 Å². The van der Waals surface area contributed by atoms with Crippen LogP contribution in [0.5, 0.6) is 0 Å². The fourth-order valence-electron chi connectivity index (χ4n) is 3.89. The molecule has 1 aliphatic rings. The number of aromatic nitrogens is 1. The van der Waals surface area contributed by atoms with Crippen molar-refractivity contribution in [3.8, 4) is 17.2 Å². The predicted molar refractivity (Wildman–Crippen MR) is 121 cm³/mol. The van der Waals surface area contributed by atoms with Crippen LogP contribution in [0.2, 0.25) is 0 Å². The van der Waals surface area contributed by atoms with Gasteiger partial charge in [0.1, 0.15) is 5.82 Å². The average Bonchev–Trinajstić information content (AvgIpc) is 3.53. The molecule has 4 rings (SSSR count). The van der Waals surface area contributed by atoms with Crippen LogP contribution in [0.3, 0.4) is 0 Å². The number of nitrogens with zero attached hydrogens (tertiary/aromatic N) is 2.